The van der Waals surface area contributed by atoms with Crippen LogP contribution in [0, 0.1) is 5.82 Å². The number of thiophene rings is 1. The summed E-state index contributed by atoms with van der Waals surface area (Å²) < 4.78 is 19.8. The quantitative estimate of drug-likeness (QED) is 0.841. The normalized spacial score (nSPS) is 20.9. The molecule has 1 aromatic heterocycles. The van der Waals surface area contributed by atoms with E-state index in [1.807, 2.05) is 31.4 Å². The van der Waals surface area contributed by atoms with Crippen LogP contribution in [0.25, 0.3) is 0 Å². The van der Waals surface area contributed by atoms with E-state index in [1.165, 1.54) is 17.4 Å². The number of nitrogens with zero attached hydrogens (tertiary/aromatic N) is 1. The predicted molar refractivity (Wildman–Crippen MR) is 84.5 cm³/mol. The zero-order valence-electron chi connectivity index (χ0n) is 12.6. The summed E-state index contributed by atoms with van der Waals surface area (Å²) in [6, 6.07) is 10.2. The van der Waals surface area contributed by atoms with Crippen molar-refractivity contribution in [3.8, 4) is 0 Å². The third-order valence-electron chi connectivity index (χ3n) is 3.95. The average Bonchev–Trinajstić information content (AvgIpc) is 3.01. The molecular formula is C17H18FNO2S. The highest BCUT2D eigenvalue weighted by molar-refractivity contribution is 7.12. The Labute approximate surface area is 133 Å². The van der Waals surface area contributed by atoms with Gasteiger partial charge in [-0.15, -0.1) is 11.3 Å². The Balaban J connectivity index is 1.88. The number of rotatable bonds is 2. The van der Waals surface area contributed by atoms with E-state index in [2.05, 4.69) is 0 Å². The molecule has 1 aliphatic rings. The summed E-state index contributed by atoms with van der Waals surface area (Å²) in [6.45, 7) is 4.67. The van der Waals surface area contributed by atoms with Crippen LogP contribution in [0.4, 0.5) is 4.39 Å². The first-order chi connectivity index (χ1) is 10.5. The van der Waals surface area contributed by atoms with Gasteiger partial charge in [0, 0.05) is 5.56 Å². The van der Waals surface area contributed by atoms with E-state index < -0.39 is 11.6 Å². The lowest BCUT2D eigenvalue weighted by Gasteiger charge is -2.45. The number of carbonyl (C=O) groups is 1. The molecule has 2 heterocycles. The highest BCUT2D eigenvalue weighted by atomic mass is 32.1. The van der Waals surface area contributed by atoms with Crippen molar-refractivity contribution in [1.82, 2.24) is 4.90 Å². The van der Waals surface area contributed by atoms with Crippen LogP contribution in [-0.4, -0.2) is 29.5 Å². The van der Waals surface area contributed by atoms with E-state index in [0.717, 1.165) is 0 Å². The largest absolute Gasteiger partial charge is 0.369 e. The van der Waals surface area contributed by atoms with Gasteiger partial charge in [-0.25, -0.2) is 4.39 Å². The van der Waals surface area contributed by atoms with Gasteiger partial charge in [0.25, 0.3) is 5.91 Å². The Bertz CT molecular complexity index is 669. The summed E-state index contributed by atoms with van der Waals surface area (Å²) in [5.74, 6) is -0.319. The maximum absolute atomic E-state index is 14.0. The Kier molecular flexibility index (Phi) is 4.02. The molecule has 3 rings (SSSR count). The summed E-state index contributed by atoms with van der Waals surface area (Å²) in [5, 5.41) is 1.88. The number of hydrogen-bond acceptors (Lipinski definition) is 3. The molecule has 2 aromatic rings. The molecular weight excluding hydrogens is 301 g/mol. The molecule has 22 heavy (non-hydrogen) atoms. The number of carbonyl (C=O) groups excluding carboxylic acids is 1. The minimum Gasteiger partial charge on any atom is -0.369 e. The molecule has 1 aliphatic heterocycles. The van der Waals surface area contributed by atoms with E-state index in [-0.39, 0.29) is 11.7 Å². The molecule has 0 saturated carbocycles. The first kappa shape index (κ1) is 15.2. The molecule has 1 amide bonds. The van der Waals surface area contributed by atoms with E-state index in [4.69, 9.17) is 4.74 Å². The fourth-order valence-corrected chi connectivity index (χ4v) is 3.34. The molecule has 116 valence electrons. The summed E-state index contributed by atoms with van der Waals surface area (Å²) in [5.41, 5.74) is 0.0880. The number of benzene rings is 1. The summed E-state index contributed by atoms with van der Waals surface area (Å²) in [7, 11) is 0. The van der Waals surface area contributed by atoms with E-state index >= 15 is 0 Å². The minimum absolute atomic E-state index is 0.0235. The molecule has 1 aromatic carbocycles. The monoisotopic (exact) mass is 319 g/mol. The summed E-state index contributed by atoms with van der Waals surface area (Å²) in [4.78, 5) is 15.2. The molecule has 0 bridgehead atoms. The first-order valence-electron chi connectivity index (χ1n) is 7.20. The lowest BCUT2D eigenvalue weighted by atomic mass is 9.97. The molecule has 5 heteroatoms. The highest BCUT2D eigenvalue weighted by Crippen LogP contribution is 2.33. The average molecular weight is 319 g/mol. The fourth-order valence-electron chi connectivity index (χ4n) is 2.66. The molecule has 0 spiro atoms. The highest BCUT2D eigenvalue weighted by Gasteiger charge is 2.39. The molecule has 1 saturated heterocycles. The van der Waals surface area contributed by atoms with Crippen LogP contribution in [0.1, 0.15) is 35.2 Å². The van der Waals surface area contributed by atoms with Crippen LogP contribution in [0.2, 0.25) is 0 Å². The third-order valence-corrected chi connectivity index (χ3v) is 4.80. The molecule has 1 fully saturated rings. The van der Waals surface area contributed by atoms with Gasteiger partial charge in [-0.3, -0.25) is 4.79 Å². The zero-order valence-corrected chi connectivity index (χ0v) is 13.4. The van der Waals surface area contributed by atoms with Crippen LogP contribution in [-0.2, 0) is 4.74 Å². The Morgan fingerprint density at radius 1 is 1.32 bits per heavy atom. The van der Waals surface area contributed by atoms with Crippen LogP contribution in [0.5, 0.6) is 0 Å². The maximum atomic E-state index is 14.0. The van der Waals surface area contributed by atoms with Crippen molar-refractivity contribution in [2.24, 2.45) is 0 Å². The van der Waals surface area contributed by atoms with Crippen molar-refractivity contribution < 1.29 is 13.9 Å². The smallest absolute Gasteiger partial charge is 0.264 e. The second kappa shape index (κ2) is 5.82. The van der Waals surface area contributed by atoms with Crippen LogP contribution in [0.15, 0.2) is 41.8 Å². The maximum Gasteiger partial charge on any atom is 0.264 e. The van der Waals surface area contributed by atoms with Gasteiger partial charge in [0.2, 0.25) is 0 Å². The second-order valence-corrected chi connectivity index (χ2v) is 6.97. The van der Waals surface area contributed by atoms with Crippen molar-refractivity contribution in [2.75, 3.05) is 13.2 Å². The molecule has 1 atom stereocenters. The van der Waals surface area contributed by atoms with Crippen LogP contribution < -0.4 is 0 Å². The number of ether oxygens (including phenoxy) is 1. The van der Waals surface area contributed by atoms with Crippen molar-refractivity contribution in [2.45, 2.75) is 25.5 Å². The standard InChI is InChI=1S/C17H18FNO2S/c1-17(2)11-21-14(12-6-3-4-7-13(12)18)10-19(17)16(20)15-8-5-9-22-15/h3-9,14H,10-11H2,1-2H3. The Hall–Kier alpha value is -1.72. The van der Waals surface area contributed by atoms with Gasteiger partial charge < -0.3 is 9.64 Å². The van der Waals surface area contributed by atoms with Gasteiger partial charge in [-0.05, 0) is 31.4 Å². The van der Waals surface area contributed by atoms with Gasteiger partial charge >= 0.3 is 0 Å². The molecule has 0 radical (unpaired) electrons. The molecule has 1 unspecified atom stereocenters. The van der Waals surface area contributed by atoms with E-state index in [1.54, 1.807) is 23.1 Å². The van der Waals surface area contributed by atoms with Gasteiger partial charge in [-0.1, -0.05) is 24.3 Å². The van der Waals surface area contributed by atoms with Crippen molar-refractivity contribution >= 4 is 17.2 Å². The van der Waals surface area contributed by atoms with Crippen LogP contribution >= 0.6 is 11.3 Å². The fraction of sp³-hybridized carbons (Fsp3) is 0.353. The molecule has 0 N–H and O–H groups in total. The van der Waals surface area contributed by atoms with Crippen molar-refractivity contribution in [3.05, 3.63) is 58.0 Å². The van der Waals surface area contributed by atoms with Gasteiger partial charge in [0.15, 0.2) is 0 Å². The number of hydrogen-bond donors (Lipinski definition) is 0. The lowest BCUT2D eigenvalue weighted by molar-refractivity contribution is -0.0855. The molecule has 3 nitrogen and oxygen atoms in total. The second-order valence-electron chi connectivity index (χ2n) is 6.03. The first-order valence-corrected chi connectivity index (χ1v) is 8.08. The van der Waals surface area contributed by atoms with Gasteiger partial charge in [-0.2, -0.15) is 0 Å². The number of morpholine rings is 1. The van der Waals surface area contributed by atoms with Gasteiger partial charge in [0.05, 0.1) is 23.6 Å². The third kappa shape index (κ3) is 2.78. The van der Waals surface area contributed by atoms with Gasteiger partial charge in [0.1, 0.15) is 11.9 Å². The number of halogens is 1. The SMILES string of the molecule is CC1(C)COC(c2ccccc2F)CN1C(=O)c1cccs1. The predicted octanol–water partition coefficient (Wildman–Crippen LogP) is 3.88. The summed E-state index contributed by atoms with van der Waals surface area (Å²) in [6.07, 6.45) is -0.432. The Morgan fingerprint density at radius 3 is 2.77 bits per heavy atom. The minimum atomic E-state index is -0.432. The summed E-state index contributed by atoms with van der Waals surface area (Å²) >= 11 is 1.42. The zero-order chi connectivity index (χ0) is 15.7. The van der Waals surface area contributed by atoms with Crippen molar-refractivity contribution in [3.63, 3.8) is 0 Å². The van der Waals surface area contributed by atoms with Crippen LogP contribution in [0.3, 0.4) is 0 Å². The number of amides is 1. The topological polar surface area (TPSA) is 29.5 Å². The molecule has 0 aliphatic carbocycles. The van der Waals surface area contributed by atoms with E-state index in [9.17, 15) is 9.18 Å². The Morgan fingerprint density at radius 2 is 2.09 bits per heavy atom. The van der Waals surface area contributed by atoms with E-state index in [0.29, 0.717) is 23.6 Å². The van der Waals surface area contributed by atoms with Crippen molar-refractivity contribution in [1.29, 1.82) is 0 Å². The lowest BCUT2D eigenvalue weighted by Crippen LogP contribution is -2.56.